The third-order valence-corrected chi connectivity index (χ3v) is 21.9. The molecule has 0 unspecified atom stereocenters. The molecule has 1 aromatic heterocycles. The molecule has 0 saturated carbocycles. The van der Waals surface area contributed by atoms with Gasteiger partial charge < -0.3 is 134 Å². The highest BCUT2D eigenvalue weighted by Gasteiger charge is 2.39. The van der Waals surface area contributed by atoms with Crippen molar-refractivity contribution in [1.29, 1.82) is 10.8 Å². The highest BCUT2D eigenvalue weighted by atomic mass is 32.2. The molecule has 0 fully saturated rings. The molecule has 14 amide bonds. The van der Waals surface area contributed by atoms with E-state index >= 15 is 0 Å². The Balaban J connectivity index is 2.43. The number of carboxylic acid groups (broad SMARTS) is 1. The number of aromatic nitrogens is 1. The van der Waals surface area contributed by atoms with E-state index < -0.39 is 192 Å². The topological polar surface area (TPSA) is 711 Å². The van der Waals surface area contributed by atoms with Crippen LogP contribution in [0, 0.1) is 22.7 Å². The van der Waals surface area contributed by atoms with Crippen LogP contribution in [0.2, 0.25) is 0 Å². The molecule has 1 aromatic carbocycles. The number of amides is 14. The van der Waals surface area contributed by atoms with Gasteiger partial charge in [0.25, 0.3) is 0 Å². The second-order valence-electron chi connectivity index (χ2n) is 33.7. The minimum absolute atomic E-state index is 0.000869. The van der Waals surface area contributed by atoms with Crippen LogP contribution in [0.1, 0.15) is 239 Å². The summed E-state index contributed by atoms with van der Waals surface area (Å²) < 4.78 is 0. The van der Waals surface area contributed by atoms with Crippen LogP contribution in [-0.2, 0) is 84.8 Å². The summed E-state index contributed by atoms with van der Waals surface area (Å²) >= 11 is 1.21. The molecule has 0 aliphatic heterocycles. The predicted molar refractivity (Wildman–Crippen MR) is 494 cm³/mol. The quantitative estimate of drug-likeness (QED) is 0.0221. The lowest BCUT2D eigenvalue weighted by Crippen LogP contribution is -2.62. The second kappa shape index (κ2) is 65.6. The average molecular weight is 1860 g/mol. The lowest BCUT2D eigenvalue weighted by molar-refractivity contribution is -0.142. The highest BCUT2D eigenvalue weighted by molar-refractivity contribution is 7.98. The third-order valence-electron chi connectivity index (χ3n) is 21.3. The van der Waals surface area contributed by atoms with Gasteiger partial charge >= 0.3 is 5.97 Å². The number of benzene rings is 1. The van der Waals surface area contributed by atoms with Gasteiger partial charge in [-0.2, -0.15) is 11.8 Å². The van der Waals surface area contributed by atoms with Crippen LogP contribution in [-0.4, -0.2) is 255 Å². The number of carbonyl (C=O) groups is 15. The van der Waals surface area contributed by atoms with Gasteiger partial charge in [0.1, 0.15) is 84.3 Å². The van der Waals surface area contributed by atoms with Crippen molar-refractivity contribution in [3.05, 3.63) is 53.9 Å². The van der Waals surface area contributed by atoms with Crippen molar-refractivity contribution < 1.29 is 92.3 Å². The molecule has 43 heteroatoms. The molecule has 0 saturated heterocycles. The summed E-state index contributed by atoms with van der Waals surface area (Å²) in [6, 6.07) is -12.9. The Morgan fingerprint density at radius 3 is 1.21 bits per heavy atom. The van der Waals surface area contributed by atoms with Gasteiger partial charge in [0.05, 0.1) is 19.1 Å². The Kier molecular flexibility index (Phi) is 58.1. The normalized spacial score (nSPS) is 14.4. The summed E-state index contributed by atoms with van der Waals surface area (Å²) in [5.74, 6) is -16.2. The van der Waals surface area contributed by atoms with Gasteiger partial charge in [-0.25, -0.2) is 0 Å². The molecular weight excluding hydrogens is 1700 g/mol. The minimum Gasteiger partial charge on any atom is -0.508 e. The molecular formula is C87H151N23O19S. The number of guanidine groups is 2. The number of carbonyl (C=O) groups excluding carboxylic acids is 14. The van der Waals surface area contributed by atoms with E-state index in [0.717, 1.165) is 39.5 Å². The molecule has 734 valence electrons. The van der Waals surface area contributed by atoms with Crippen LogP contribution in [0.3, 0.4) is 0 Å². The monoisotopic (exact) mass is 1850 g/mol. The van der Waals surface area contributed by atoms with E-state index in [1.165, 1.54) is 87.4 Å². The molecule has 14 atom stereocenters. The molecule has 0 aliphatic carbocycles. The highest BCUT2D eigenvalue weighted by Crippen LogP contribution is 2.19. The van der Waals surface area contributed by atoms with E-state index in [1.54, 1.807) is 52.4 Å². The number of nitrogens with one attached hydrogen (secondary N) is 18. The van der Waals surface area contributed by atoms with Crippen LogP contribution in [0.5, 0.6) is 5.75 Å². The van der Waals surface area contributed by atoms with Crippen molar-refractivity contribution in [1.82, 2.24) is 84.7 Å². The maximum Gasteiger partial charge on any atom is 0.305 e. The summed E-state index contributed by atoms with van der Waals surface area (Å²) in [5.41, 5.74) is 29.4. The number of aliphatic hydroxyl groups excluding tert-OH is 2. The number of rotatable bonds is 71. The summed E-state index contributed by atoms with van der Waals surface area (Å²) in [6.07, 6.45) is 18.2. The first-order valence-corrected chi connectivity index (χ1v) is 46.9. The number of carboxylic acids is 1. The first-order chi connectivity index (χ1) is 61.8. The number of thioether (sulfide) groups is 1. The minimum atomic E-state index is -2.07. The number of aromatic amines is 1. The largest absolute Gasteiger partial charge is 0.508 e. The van der Waals surface area contributed by atoms with Gasteiger partial charge in [0.2, 0.25) is 82.7 Å². The fraction of sp³-hybridized carbons (Fsp3) is 0.690. The molecule has 2 rings (SSSR count). The van der Waals surface area contributed by atoms with Crippen LogP contribution in [0.15, 0.2) is 42.7 Å². The van der Waals surface area contributed by atoms with Crippen LogP contribution >= 0.6 is 11.8 Å². The first-order valence-electron chi connectivity index (χ1n) is 45.5. The second-order valence-corrected chi connectivity index (χ2v) is 34.7. The third kappa shape index (κ3) is 49.2. The number of phenols is 1. The van der Waals surface area contributed by atoms with Gasteiger partial charge in [-0.05, 0) is 170 Å². The summed E-state index contributed by atoms with van der Waals surface area (Å²) in [4.78, 5) is 213. The summed E-state index contributed by atoms with van der Waals surface area (Å²) in [5, 5.41) is 95.6. The number of phenolic OH excluding ortho intramolecular Hbond substituents is 1. The number of aromatic hydroxyl groups is 1. The van der Waals surface area contributed by atoms with Crippen molar-refractivity contribution in [3.63, 3.8) is 0 Å². The zero-order valence-corrected chi connectivity index (χ0v) is 77.8. The number of H-pyrrole nitrogens is 1. The van der Waals surface area contributed by atoms with Gasteiger partial charge in [-0.15, -0.1) is 0 Å². The van der Waals surface area contributed by atoms with Crippen LogP contribution in [0.4, 0.5) is 0 Å². The Labute approximate surface area is 767 Å². The zero-order valence-electron chi connectivity index (χ0n) is 76.9. The van der Waals surface area contributed by atoms with Crippen LogP contribution < -0.4 is 108 Å². The Bertz CT molecular complexity index is 3830. The SMILES string of the molecule is CCCCCCCCCCCCCCCC(=O)N[C@@H](CCCCN)C(=O)N[C@@H](CCCCN)C(=O)N[C@@H](CC(C)C)C(=O)N[C@@H](CCCNC(=N)N)C(=O)N[C@@H](CO)C(=O)N[C@@H](CCSC)C(=O)N[C@H](C(=O)N[C@@H](CC(=O)O)C(=O)N[C@@H](C)C(=O)N[C@@H](Cc1ccc(O)cc1)C(=O)N[C@@H](CCCNC(=N)N)C(=O)N[C@@H](CC(C)C)C(=O)N[C@@H](Cc1cc[nH]c1)C(N)=O)[C@@H](C)O. The Morgan fingerprint density at radius 1 is 0.415 bits per heavy atom. The van der Waals surface area contributed by atoms with Crippen LogP contribution in [0.25, 0.3) is 0 Å². The molecule has 0 bridgehead atoms. The van der Waals surface area contributed by atoms with Crippen molar-refractivity contribution in [2.24, 2.45) is 40.5 Å². The molecule has 130 heavy (non-hydrogen) atoms. The number of aliphatic carboxylic acids is 1. The number of unbranched alkanes of at least 4 members (excludes halogenated alkanes) is 14. The molecule has 42 nitrogen and oxygen atoms in total. The molecule has 2 aromatic rings. The van der Waals surface area contributed by atoms with Crippen molar-refractivity contribution in [2.75, 3.05) is 44.8 Å². The molecule has 0 spiro atoms. The number of aliphatic hydroxyl groups is 2. The lowest BCUT2D eigenvalue weighted by atomic mass is 10.0. The zero-order chi connectivity index (χ0) is 97.2. The van der Waals surface area contributed by atoms with Gasteiger partial charge in [-0.3, -0.25) is 82.7 Å². The molecule has 32 N–H and O–H groups in total. The number of hydrogen-bond acceptors (Lipinski definition) is 23. The number of nitrogens with two attached hydrogens (primary N) is 5. The number of hydrogen-bond donors (Lipinski definition) is 27. The maximum absolute atomic E-state index is 14.6. The number of primary amides is 1. The van der Waals surface area contributed by atoms with E-state index in [9.17, 15) is 92.3 Å². The maximum atomic E-state index is 14.6. The Morgan fingerprint density at radius 2 is 0.792 bits per heavy atom. The predicted octanol–water partition coefficient (Wildman–Crippen LogP) is -0.728. The fourth-order valence-corrected chi connectivity index (χ4v) is 14.4. The van der Waals surface area contributed by atoms with E-state index in [2.05, 4.69) is 91.7 Å². The van der Waals surface area contributed by atoms with E-state index in [0.29, 0.717) is 49.8 Å². The molecule has 0 radical (unpaired) electrons. The van der Waals surface area contributed by atoms with E-state index in [4.69, 9.17) is 39.5 Å². The smallest absolute Gasteiger partial charge is 0.305 e. The van der Waals surface area contributed by atoms with Crippen molar-refractivity contribution >= 4 is 112 Å². The van der Waals surface area contributed by atoms with E-state index in [-0.39, 0.29) is 126 Å². The van der Waals surface area contributed by atoms with E-state index in [1.807, 2.05) is 0 Å². The molecule has 0 aliphatic rings. The summed E-state index contributed by atoms with van der Waals surface area (Å²) in [7, 11) is 0. The standard InChI is InChI=1S/C87H151N23O19S/c1-9-10-11-12-13-14-15-16-17-18-19-20-21-32-70(114)99-59(28-22-24-39-88)75(119)100-60(29-23-25-40-89)76(120)106-65(45-52(2)3)81(125)101-62(31-27-42-97-87(93)94)78(122)109-69(51-111)84(128)103-63(38-44-130-8)79(123)110-72(55(7)112)85(129)108-68(49-71(115)116)80(124)98-54(6)74(118)105-67(47-56-33-35-58(113)36-34-56)83(127)102-61(30-26-41-96-86(91)92)77(121)107-66(46-53(4)5)82(126)104-64(73(90)117)48-57-37-43-95-50-57/h33-37,43,50,52-55,59-69,72,95,111-113H,9-32,38-42,44-49,51,88-89H2,1-8H3,(H2,90,117)(H,98,124)(H,99,114)(H,100,119)(H,101,125)(H,102,127)(H,103,128)(H,104,126)(H,105,118)(H,106,120)(H,107,121)(H,108,129)(H,109,122)(H,110,123)(H,115,116)(H4,91,92,96)(H4,93,94,97)/t54-,55+,59-,60-,61-,62-,63-,64-,65-,66-,67-,68-,69-,72-/m0/s1. The Hall–Kier alpha value is -10.9. The van der Waals surface area contributed by atoms with Gasteiger partial charge in [0.15, 0.2) is 11.9 Å². The summed E-state index contributed by atoms with van der Waals surface area (Å²) in [6.45, 7) is 11.0. The first kappa shape index (κ1) is 115. The van der Waals surface area contributed by atoms with Gasteiger partial charge in [-0.1, -0.05) is 124 Å². The van der Waals surface area contributed by atoms with Crippen molar-refractivity contribution in [3.8, 4) is 5.75 Å². The van der Waals surface area contributed by atoms with Gasteiger partial charge in [0, 0.05) is 44.7 Å². The molecule has 1 heterocycles. The average Bonchev–Trinajstić information content (AvgIpc) is 0.978. The van der Waals surface area contributed by atoms with Crippen molar-refractivity contribution in [2.45, 2.75) is 326 Å². The fourth-order valence-electron chi connectivity index (χ4n) is 14.0. The lowest BCUT2D eigenvalue weighted by Gasteiger charge is -2.29.